The normalized spacial score (nSPS) is 13.9. The zero-order chi connectivity index (χ0) is 15.7. The minimum Gasteiger partial charge on any atom is -0.478 e. The number of carboxylic acids is 1. The van der Waals surface area contributed by atoms with Gasteiger partial charge in [-0.25, -0.2) is 9.18 Å². The fourth-order valence-corrected chi connectivity index (χ4v) is 1.32. The largest absolute Gasteiger partial charge is 0.478 e. The van der Waals surface area contributed by atoms with Crippen LogP contribution in [0.3, 0.4) is 0 Å². The Morgan fingerprint density at radius 1 is 1.25 bits per heavy atom. The highest BCUT2D eigenvalue weighted by molar-refractivity contribution is 6.32. The molecule has 0 amide bonds. The van der Waals surface area contributed by atoms with Crippen molar-refractivity contribution >= 4 is 17.6 Å². The van der Waals surface area contributed by atoms with Crippen molar-refractivity contribution in [2.45, 2.75) is 18.5 Å². The molecule has 0 aromatic heterocycles. The van der Waals surface area contributed by atoms with Crippen molar-refractivity contribution in [2.24, 2.45) is 0 Å². The van der Waals surface area contributed by atoms with Crippen molar-refractivity contribution < 1.29 is 41.0 Å². The van der Waals surface area contributed by atoms with Gasteiger partial charge in [0.15, 0.2) is 0 Å². The van der Waals surface area contributed by atoms with E-state index < -0.39 is 40.8 Å². The minimum absolute atomic E-state index is 0.404. The standard InChI is InChI=1S/C10H5ClF6O3/c11-5-3-4(7(18)19)1-2-6(5)20-10(16,17)8(12)9(13,14)15/h1-3,8H,(H,18,19). The molecule has 112 valence electrons. The maximum absolute atomic E-state index is 12.9. The molecule has 0 radical (unpaired) electrons. The molecule has 1 unspecified atom stereocenters. The van der Waals surface area contributed by atoms with Gasteiger partial charge in [-0.2, -0.15) is 22.0 Å². The molecule has 0 heterocycles. The second-order valence-corrected chi connectivity index (χ2v) is 3.93. The van der Waals surface area contributed by atoms with Crippen LogP contribution in [0.2, 0.25) is 5.02 Å². The summed E-state index contributed by atoms with van der Waals surface area (Å²) in [5.41, 5.74) is -0.404. The van der Waals surface area contributed by atoms with E-state index in [1.807, 2.05) is 0 Å². The van der Waals surface area contributed by atoms with Crippen LogP contribution in [0.25, 0.3) is 0 Å². The summed E-state index contributed by atoms with van der Waals surface area (Å²) < 4.78 is 77.7. The third-order valence-corrected chi connectivity index (χ3v) is 2.30. The Morgan fingerprint density at radius 2 is 1.80 bits per heavy atom. The summed E-state index contributed by atoms with van der Waals surface area (Å²) >= 11 is 5.37. The summed E-state index contributed by atoms with van der Waals surface area (Å²) in [7, 11) is 0. The van der Waals surface area contributed by atoms with Crippen LogP contribution in [0.4, 0.5) is 26.3 Å². The van der Waals surface area contributed by atoms with E-state index in [1.165, 1.54) is 0 Å². The van der Waals surface area contributed by atoms with E-state index in [2.05, 4.69) is 4.74 Å². The number of benzene rings is 1. The van der Waals surface area contributed by atoms with Gasteiger partial charge in [0, 0.05) is 0 Å². The summed E-state index contributed by atoms with van der Waals surface area (Å²) in [5, 5.41) is 7.88. The van der Waals surface area contributed by atoms with Gasteiger partial charge in [0.2, 0.25) is 0 Å². The highest BCUT2D eigenvalue weighted by Gasteiger charge is 2.59. The van der Waals surface area contributed by atoms with Gasteiger partial charge in [0.05, 0.1) is 10.6 Å². The molecule has 20 heavy (non-hydrogen) atoms. The van der Waals surface area contributed by atoms with E-state index in [0.29, 0.717) is 12.1 Å². The molecule has 0 aliphatic heterocycles. The molecule has 1 rings (SSSR count). The lowest BCUT2D eigenvalue weighted by molar-refractivity contribution is -0.304. The van der Waals surface area contributed by atoms with Crippen LogP contribution in [-0.4, -0.2) is 29.5 Å². The minimum atomic E-state index is -5.82. The number of aromatic carboxylic acids is 1. The summed E-state index contributed by atoms with van der Waals surface area (Å²) in [6, 6.07) is 2.04. The van der Waals surface area contributed by atoms with E-state index in [9.17, 15) is 31.1 Å². The first kappa shape index (κ1) is 16.4. The molecule has 3 nitrogen and oxygen atoms in total. The van der Waals surface area contributed by atoms with Crippen LogP contribution in [0.15, 0.2) is 18.2 Å². The van der Waals surface area contributed by atoms with Crippen LogP contribution < -0.4 is 4.74 Å². The average molecular weight is 323 g/mol. The lowest BCUT2D eigenvalue weighted by Crippen LogP contribution is -2.45. The Morgan fingerprint density at radius 3 is 2.20 bits per heavy atom. The first-order valence-corrected chi connectivity index (χ1v) is 5.13. The lowest BCUT2D eigenvalue weighted by Gasteiger charge is -2.23. The van der Waals surface area contributed by atoms with Gasteiger partial charge >= 0.3 is 18.3 Å². The zero-order valence-corrected chi connectivity index (χ0v) is 9.97. The Hall–Kier alpha value is -1.64. The second-order valence-electron chi connectivity index (χ2n) is 3.52. The predicted octanol–water partition coefficient (Wildman–Crippen LogP) is 3.91. The van der Waals surface area contributed by atoms with Gasteiger partial charge in [-0.3, -0.25) is 0 Å². The molecule has 0 aliphatic carbocycles. The third-order valence-electron chi connectivity index (χ3n) is 2.01. The van der Waals surface area contributed by atoms with Crippen molar-refractivity contribution in [2.75, 3.05) is 0 Å². The van der Waals surface area contributed by atoms with E-state index >= 15 is 0 Å². The Kier molecular flexibility index (Phi) is 4.42. The monoisotopic (exact) mass is 322 g/mol. The topological polar surface area (TPSA) is 46.5 Å². The SMILES string of the molecule is O=C(O)c1ccc(OC(F)(F)C(F)C(F)(F)F)c(Cl)c1. The molecule has 10 heteroatoms. The number of carboxylic acid groups (broad SMARTS) is 1. The average Bonchev–Trinajstić information content (AvgIpc) is 2.29. The third kappa shape index (κ3) is 3.69. The Labute approximate surface area is 112 Å². The number of rotatable bonds is 4. The quantitative estimate of drug-likeness (QED) is 0.855. The Bertz CT molecular complexity index is 516. The smallest absolute Gasteiger partial charge is 0.439 e. The predicted molar refractivity (Wildman–Crippen MR) is 54.9 cm³/mol. The first-order chi connectivity index (χ1) is 8.95. The molecule has 0 saturated heterocycles. The van der Waals surface area contributed by atoms with Crippen LogP contribution >= 0.6 is 11.6 Å². The second kappa shape index (κ2) is 5.39. The van der Waals surface area contributed by atoms with Gasteiger partial charge in [-0.05, 0) is 18.2 Å². The maximum atomic E-state index is 12.9. The summed E-state index contributed by atoms with van der Waals surface area (Å²) in [5.74, 6) is -2.42. The van der Waals surface area contributed by atoms with Crippen LogP contribution in [0.1, 0.15) is 10.4 Å². The van der Waals surface area contributed by atoms with Crippen LogP contribution in [0, 0.1) is 0 Å². The van der Waals surface area contributed by atoms with Crippen LogP contribution in [-0.2, 0) is 0 Å². The van der Waals surface area contributed by atoms with E-state index in [-0.39, 0.29) is 0 Å². The Balaban J connectivity index is 3.01. The van der Waals surface area contributed by atoms with Crippen molar-refractivity contribution in [1.29, 1.82) is 0 Å². The fraction of sp³-hybridized carbons (Fsp3) is 0.300. The van der Waals surface area contributed by atoms with Gasteiger partial charge in [0.25, 0.3) is 6.17 Å². The van der Waals surface area contributed by atoms with Crippen molar-refractivity contribution in [3.8, 4) is 5.75 Å². The highest BCUT2D eigenvalue weighted by atomic mass is 35.5. The lowest BCUT2D eigenvalue weighted by atomic mass is 10.2. The zero-order valence-electron chi connectivity index (χ0n) is 9.22. The molecule has 0 fully saturated rings. The van der Waals surface area contributed by atoms with E-state index in [4.69, 9.17) is 16.7 Å². The number of hydrogen-bond acceptors (Lipinski definition) is 2. The number of halogens is 7. The molecule has 1 aromatic carbocycles. The summed E-state index contributed by atoms with van der Waals surface area (Å²) in [4.78, 5) is 10.5. The number of alkyl halides is 6. The van der Waals surface area contributed by atoms with Crippen molar-refractivity contribution in [1.82, 2.24) is 0 Å². The fourth-order valence-electron chi connectivity index (χ4n) is 1.11. The molecule has 1 atom stereocenters. The van der Waals surface area contributed by atoms with Crippen molar-refractivity contribution in [3.63, 3.8) is 0 Å². The number of ether oxygens (including phenoxy) is 1. The molecule has 0 spiro atoms. The number of hydrogen-bond donors (Lipinski definition) is 1. The van der Waals surface area contributed by atoms with Crippen molar-refractivity contribution in [3.05, 3.63) is 28.8 Å². The highest BCUT2D eigenvalue weighted by Crippen LogP contribution is 2.38. The molecule has 0 saturated carbocycles. The molecule has 0 bridgehead atoms. The first-order valence-electron chi connectivity index (χ1n) is 4.75. The van der Waals surface area contributed by atoms with Gasteiger partial charge in [-0.15, -0.1) is 0 Å². The maximum Gasteiger partial charge on any atom is 0.439 e. The molecular weight excluding hydrogens is 318 g/mol. The molecule has 1 N–H and O–H groups in total. The van der Waals surface area contributed by atoms with E-state index in [1.54, 1.807) is 0 Å². The van der Waals surface area contributed by atoms with Gasteiger partial charge in [-0.1, -0.05) is 11.6 Å². The van der Waals surface area contributed by atoms with Gasteiger partial charge in [0.1, 0.15) is 5.75 Å². The van der Waals surface area contributed by atoms with Crippen LogP contribution in [0.5, 0.6) is 5.75 Å². The summed E-state index contributed by atoms with van der Waals surface area (Å²) in [6.07, 6.45) is -15.6. The van der Waals surface area contributed by atoms with E-state index in [0.717, 1.165) is 6.07 Å². The van der Waals surface area contributed by atoms with Gasteiger partial charge < -0.3 is 9.84 Å². The molecule has 1 aromatic rings. The molecular formula is C10H5ClF6O3. The molecule has 0 aliphatic rings. The number of carbonyl (C=O) groups is 1. The summed E-state index contributed by atoms with van der Waals surface area (Å²) in [6.45, 7) is 0.